The summed E-state index contributed by atoms with van der Waals surface area (Å²) in [5.41, 5.74) is 0. The Kier molecular flexibility index (Phi) is 10.9. The Morgan fingerprint density at radius 2 is 1.69 bits per heavy atom. The van der Waals surface area contributed by atoms with Gasteiger partial charge in [0.15, 0.2) is 0 Å². The van der Waals surface area contributed by atoms with Gasteiger partial charge in [0.1, 0.15) is 0 Å². The maximum absolute atomic E-state index is 5.28. The quantitative estimate of drug-likeness (QED) is 0.423. The van der Waals surface area contributed by atoms with E-state index in [0.717, 1.165) is 6.42 Å². The summed E-state index contributed by atoms with van der Waals surface area (Å²) in [7, 11) is 0. The Labute approximate surface area is 92.9 Å². The Hall–Kier alpha value is 0.440. The molecule has 0 aromatic carbocycles. The molecule has 0 saturated heterocycles. The molecule has 0 aromatic rings. The zero-order valence-electron chi connectivity index (χ0n) is 8.97. The molecule has 0 bridgehead atoms. The molecule has 0 spiro atoms. The molecule has 0 unspecified atom stereocenters. The third-order valence-electron chi connectivity index (χ3n) is 2.00. The van der Waals surface area contributed by atoms with E-state index >= 15 is 0 Å². The van der Waals surface area contributed by atoms with Crippen LogP contribution in [0.15, 0.2) is 0 Å². The predicted octanol–water partition coefficient (Wildman–Crippen LogP) is 4.82. The topological polar surface area (TPSA) is 0 Å². The van der Waals surface area contributed by atoms with Crippen molar-refractivity contribution >= 4 is 28.2 Å². The molecule has 0 atom stereocenters. The van der Waals surface area contributed by atoms with Gasteiger partial charge in [-0.2, -0.15) is 0 Å². The smallest absolute Gasteiger partial charge is 0.0478 e. The highest BCUT2D eigenvalue weighted by Gasteiger charge is 1.97. The van der Waals surface area contributed by atoms with Crippen molar-refractivity contribution < 1.29 is 0 Å². The Balaban J connectivity index is 3.11. The molecule has 0 heterocycles. The van der Waals surface area contributed by atoms with Gasteiger partial charge in [0.2, 0.25) is 0 Å². The van der Waals surface area contributed by atoms with Crippen LogP contribution in [0.1, 0.15) is 58.8 Å². The van der Waals surface area contributed by atoms with Crippen molar-refractivity contribution in [1.29, 1.82) is 0 Å². The first-order chi connectivity index (χ1) is 6.31. The maximum atomic E-state index is 5.28. The third kappa shape index (κ3) is 10.4. The van der Waals surface area contributed by atoms with E-state index in [1.54, 1.807) is 0 Å². The lowest BCUT2D eigenvalue weighted by Gasteiger charge is -2.02. The van der Waals surface area contributed by atoms with E-state index in [0.29, 0.717) is 0 Å². The molecule has 0 aliphatic heterocycles. The van der Waals surface area contributed by atoms with Gasteiger partial charge in [-0.3, -0.25) is 0 Å². The second-order valence-electron chi connectivity index (χ2n) is 3.38. The molecule has 0 aliphatic rings. The van der Waals surface area contributed by atoms with E-state index in [1.165, 1.54) is 48.5 Å². The van der Waals surface area contributed by atoms with Crippen molar-refractivity contribution in [2.24, 2.45) is 0 Å². The Morgan fingerprint density at radius 3 is 2.31 bits per heavy atom. The van der Waals surface area contributed by atoms with Gasteiger partial charge in [-0.05, 0) is 25.0 Å². The molecule has 0 N–H and O–H groups in total. The van der Waals surface area contributed by atoms with Gasteiger partial charge >= 0.3 is 0 Å². The van der Waals surface area contributed by atoms with Gasteiger partial charge < -0.3 is 0 Å². The average Bonchev–Trinajstić information content (AvgIpc) is 2.13. The van der Waals surface area contributed by atoms with Gasteiger partial charge in [-0.1, -0.05) is 51.7 Å². The molecule has 0 radical (unpaired) electrons. The van der Waals surface area contributed by atoms with Crippen LogP contribution in [0.2, 0.25) is 0 Å². The fourth-order valence-electron chi connectivity index (χ4n) is 1.10. The molecule has 0 saturated carbocycles. The van der Waals surface area contributed by atoms with Gasteiger partial charge in [-0.15, -0.1) is 11.8 Å². The highest BCUT2D eigenvalue weighted by atomic mass is 32.2. The van der Waals surface area contributed by atoms with Gasteiger partial charge in [-0.25, -0.2) is 0 Å². The summed E-state index contributed by atoms with van der Waals surface area (Å²) in [6.45, 7) is 4.47. The maximum Gasteiger partial charge on any atom is 0.0478 e. The van der Waals surface area contributed by atoms with Crippen LogP contribution in [0.5, 0.6) is 0 Å². The summed E-state index contributed by atoms with van der Waals surface area (Å²) in [4.78, 5) is 0. The summed E-state index contributed by atoms with van der Waals surface area (Å²) in [5.74, 6) is 1.23. The molecule has 0 nitrogen and oxygen atoms in total. The van der Waals surface area contributed by atoms with E-state index in [1.807, 2.05) is 11.8 Å². The molecular formula is C11H22S2. The number of hydrogen-bond donors (Lipinski definition) is 0. The first kappa shape index (κ1) is 13.4. The third-order valence-corrected chi connectivity index (χ3v) is 3.57. The molecular weight excluding hydrogens is 196 g/mol. The highest BCUT2D eigenvalue weighted by Crippen LogP contribution is 2.14. The monoisotopic (exact) mass is 218 g/mol. The SMILES string of the molecule is CCCCCCC(=S)SCCCC. The van der Waals surface area contributed by atoms with E-state index in [-0.39, 0.29) is 0 Å². The minimum absolute atomic E-state index is 1.16. The van der Waals surface area contributed by atoms with Crippen LogP contribution in [-0.4, -0.2) is 9.95 Å². The van der Waals surface area contributed by atoms with Crippen LogP contribution in [0, 0.1) is 0 Å². The minimum atomic E-state index is 1.16. The number of rotatable bonds is 8. The second-order valence-corrected chi connectivity index (χ2v) is 5.33. The fourth-order valence-corrected chi connectivity index (χ4v) is 2.44. The highest BCUT2D eigenvalue weighted by molar-refractivity contribution is 8.23. The number of hydrogen-bond acceptors (Lipinski definition) is 2. The standard InChI is InChI=1S/C11H22S2/c1-3-5-7-8-9-11(12)13-10-6-4-2/h3-10H2,1-2H3. The van der Waals surface area contributed by atoms with Gasteiger partial charge in [0.25, 0.3) is 0 Å². The molecule has 0 amide bonds. The average molecular weight is 218 g/mol. The van der Waals surface area contributed by atoms with E-state index in [9.17, 15) is 0 Å². The van der Waals surface area contributed by atoms with Crippen molar-refractivity contribution in [1.82, 2.24) is 0 Å². The van der Waals surface area contributed by atoms with Crippen LogP contribution >= 0.6 is 24.0 Å². The lowest BCUT2D eigenvalue weighted by Crippen LogP contribution is -1.90. The van der Waals surface area contributed by atoms with Crippen LogP contribution in [-0.2, 0) is 0 Å². The predicted molar refractivity (Wildman–Crippen MR) is 68.7 cm³/mol. The zero-order chi connectivity index (χ0) is 9.94. The molecule has 0 aliphatic carbocycles. The molecule has 78 valence electrons. The number of thioether (sulfide) groups is 1. The zero-order valence-corrected chi connectivity index (χ0v) is 10.6. The lowest BCUT2D eigenvalue weighted by molar-refractivity contribution is 0.686. The molecule has 13 heavy (non-hydrogen) atoms. The first-order valence-corrected chi connectivity index (χ1v) is 6.86. The summed E-state index contributed by atoms with van der Waals surface area (Å²) >= 11 is 7.17. The molecule has 0 aromatic heterocycles. The van der Waals surface area contributed by atoms with Crippen LogP contribution in [0.4, 0.5) is 0 Å². The lowest BCUT2D eigenvalue weighted by atomic mass is 10.2. The van der Waals surface area contributed by atoms with Crippen LogP contribution in [0.25, 0.3) is 0 Å². The fraction of sp³-hybridized carbons (Fsp3) is 0.909. The van der Waals surface area contributed by atoms with Crippen molar-refractivity contribution in [3.63, 3.8) is 0 Å². The van der Waals surface area contributed by atoms with Crippen molar-refractivity contribution in [3.05, 3.63) is 0 Å². The molecule has 2 heteroatoms. The molecule has 0 rings (SSSR count). The number of thiocarbonyl (C=S) groups is 1. The van der Waals surface area contributed by atoms with Crippen LogP contribution in [0.3, 0.4) is 0 Å². The Morgan fingerprint density at radius 1 is 1.00 bits per heavy atom. The Bertz CT molecular complexity index is 121. The van der Waals surface area contributed by atoms with Crippen LogP contribution < -0.4 is 0 Å². The van der Waals surface area contributed by atoms with E-state index in [2.05, 4.69) is 13.8 Å². The van der Waals surface area contributed by atoms with E-state index < -0.39 is 0 Å². The van der Waals surface area contributed by atoms with Crippen molar-refractivity contribution in [3.8, 4) is 0 Å². The second kappa shape index (κ2) is 10.5. The summed E-state index contributed by atoms with van der Waals surface area (Å²) in [6, 6.07) is 0. The summed E-state index contributed by atoms with van der Waals surface area (Å²) in [6.07, 6.45) is 9.07. The largest absolute Gasteiger partial charge is 0.119 e. The summed E-state index contributed by atoms with van der Waals surface area (Å²) in [5, 5.41) is 0. The van der Waals surface area contributed by atoms with Crippen molar-refractivity contribution in [2.45, 2.75) is 58.8 Å². The van der Waals surface area contributed by atoms with Gasteiger partial charge in [0, 0.05) is 4.20 Å². The normalized spacial score (nSPS) is 10.3. The first-order valence-electron chi connectivity index (χ1n) is 5.46. The molecule has 0 fully saturated rings. The van der Waals surface area contributed by atoms with Gasteiger partial charge in [0.05, 0.1) is 0 Å². The van der Waals surface area contributed by atoms with Crippen molar-refractivity contribution in [2.75, 3.05) is 5.75 Å². The van der Waals surface area contributed by atoms with E-state index in [4.69, 9.17) is 12.2 Å². The number of unbranched alkanes of at least 4 members (excludes halogenated alkanes) is 4. The summed E-state index contributed by atoms with van der Waals surface area (Å²) < 4.78 is 1.23. The minimum Gasteiger partial charge on any atom is -0.119 e.